The van der Waals surface area contributed by atoms with Crippen LogP contribution in [-0.4, -0.2) is 44.5 Å². The first-order valence-electron chi connectivity index (χ1n) is 9.95. The Morgan fingerprint density at radius 2 is 2.11 bits per heavy atom. The van der Waals surface area contributed by atoms with Gasteiger partial charge in [-0.3, -0.25) is 4.90 Å². The number of hydrogen-bond acceptors (Lipinski definition) is 5. The summed E-state index contributed by atoms with van der Waals surface area (Å²) in [5, 5.41) is 3.22. The van der Waals surface area contributed by atoms with Gasteiger partial charge in [0.2, 0.25) is 5.95 Å². The van der Waals surface area contributed by atoms with Gasteiger partial charge in [-0.25, -0.2) is 15.0 Å². The molecule has 0 aliphatic carbocycles. The Bertz CT molecular complexity index is 885. The summed E-state index contributed by atoms with van der Waals surface area (Å²) in [6.45, 7) is 8.20. The zero-order chi connectivity index (χ0) is 18.6. The number of anilines is 1. The van der Waals surface area contributed by atoms with Crippen molar-refractivity contribution < 1.29 is 0 Å². The van der Waals surface area contributed by atoms with Gasteiger partial charge < -0.3 is 10.3 Å². The van der Waals surface area contributed by atoms with Crippen molar-refractivity contribution in [1.29, 1.82) is 0 Å². The van der Waals surface area contributed by atoms with E-state index in [1.54, 1.807) is 0 Å². The van der Waals surface area contributed by atoms with Crippen molar-refractivity contribution in [2.24, 2.45) is 0 Å². The van der Waals surface area contributed by atoms with E-state index >= 15 is 0 Å². The van der Waals surface area contributed by atoms with Crippen molar-refractivity contribution in [1.82, 2.24) is 24.8 Å². The molecule has 1 atom stereocenters. The molecule has 142 valence electrons. The van der Waals surface area contributed by atoms with Gasteiger partial charge in [-0.2, -0.15) is 0 Å². The highest BCUT2D eigenvalue weighted by Crippen LogP contribution is 2.28. The van der Waals surface area contributed by atoms with Crippen LogP contribution in [0.15, 0.2) is 30.6 Å². The minimum Gasteiger partial charge on any atom is -0.354 e. The summed E-state index contributed by atoms with van der Waals surface area (Å²) in [6.07, 6.45) is 7.34. The molecule has 1 aliphatic rings. The molecule has 0 saturated carbocycles. The van der Waals surface area contributed by atoms with Crippen molar-refractivity contribution in [2.45, 2.75) is 45.6 Å². The van der Waals surface area contributed by atoms with Crippen LogP contribution in [0.2, 0.25) is 0 Å². The highest BCUT2D eigenvalue weighted by atomic mass is 15.1. The third-order valence-corrected chi connectivity index (χ3v) is 5.27. The average Bonchev–Trinajstić information content (AvgIpc) is 3.14. The molecule has 1 aromatic carbocycles. The third kappa shape index (κ3) is 4.11. The Balaban J connectivity index is 1.42. The zero-order valence-electron chi connectivity index (χ0n) is 16.2. The fraction of sp³-hybridized carbons (Fsp3) is 0.476. The smallest absolute Gasteiger partial charge is 0.222 e. The molecule has 3 heterocycles. The number of rotatable bonds is 6. The van der Waals surface area contributed by atoms with E-state index < -0.39 is 0 Å². The molecular formula is C21H28N6. The van der Waals surface area contributed by atoms with Gasteiger partial charge in [0.05, 0.1) is 11.0 Å². The van der Waals surface area contributed by atoms with E-state index in [-0.39, 0.29) is 0 Å². The van der Waals surface area contributed by atoms with Crippen LogP contribution < -0.4 is 5.32 Å². The Hall–Kier alpha value is -2.47. The molecule has 6 heteroatoms. The lowest BCUT2D eigenvalue weighted by atomic mass is 9.97. The second-order valence-corrected chi connectivity index (χ2v) is 7.51. The molecule has 0 unspecified atom stereocenters. The van der Waals surface area contributed by atoms with E-state index in [9.17, 15) is 0 Å². The van der Waals surface area contributed by atoms with Crippen molar-refractivity contribution in [3.63, 3.8) is 0 Å². The number of para-hydroxylation sites is 1. The quantitative estimate of drug-likeness (QED) is 0.695. The van der Waals surface area contributed by atoms with Crippen LogP contribution in [0.3, 0.4) is 0 Å². The monoisotopic (exact) mass is 364 g/mol. The first-order chi connectivity index (χ1) is 13.2. The minimum atomic E-state index is 0.456. The van der Waals surface area contributed by atoms with Crippen LogP contribution in [0.25, 0.3) is 11.0 Å². The molecule has 0 radical (unpaired) electrons. The number of H-pyrrole nitrogens is 1. The number of nitrogens with one attached hydrogen (secondary N) is 2. The number of piperidine rings is 1. The predicted octanol–water partition coefficient (Wildman–Crippen LogP) is 3.86. The Morgan fingerprint density at radius 1 is 1.26 bits per heavy atom. The van der Waals surface area contributed by atoms with Crippen molar-refractivity contribution >= 4 is 17.0 Å². The number of aromatic amines is 1. The number of fused-ring (bicyclic) bond motifs is 1. The molecule has 6 nitrogen and oxygen atoms in total. The topological polar surface area (TPSA) is 69.7 Å². The number of aryl methyl sites for hydroxylation is 1. The molecule has 2 aromatic heterocycles. The van der Waals surface area contributed by atoms with Crippen LogP contribution in [0.4, 0.5) is 5.95 Å². The minimum absolute atomic E-state index is 0.456. The molecule has 0 bridgehead atoms. The summed E-state index contributed by atoms with van der Waals surface area (Å²) in [5.41, 5.74) is 4.65. The number of benzene rings is 1. The fourth-order valence-electron chi connectivity index (χ4n) is 3.83. The molecule has 4 rings (SSSR count). The molecule has 1 saturated heterocycles. The van der Waals surface area contributed by atoms with Gasteiger partial charge in [0.1, 0.15) is 5.82 Å². The standard InChI is InChI=1S/C21H28N6/c1-3-9-22-21-23-11-16(12-24-21)13-27-10-5-7-17(14-27)20-25-18-8-4-6-15(2)19(18)26-20/h4,6,8,11-12,17H,3,5,7,9-10,13-14H2,1-2H3,(H,25,26)(H,22,23,24)/t17-/m1/s1. The van der Waals surface area contributed by atoms with E-state index in [0.29, 0.717) is 5.92 Å². The Labute approximate surface area is 160 Å². The van der Waals surface area contributed by atoms with Gasteiger partial charge in [0.25, 0.3) is 0 Å². The summed E-state index contributed by atoms with van der Waals surface area (Å²) in [6, 6.07) is 6.33. The van der Waals surface area contributed by atoms with Crippen LogP contribution in [-0.2, 0) is 6.54 Å². The largest absolute Gasteiger partial charge is 0.354 e. The van der Waals surface area contributed by atoms with E-state index in [0.717, 1.165) is 61.0 Å². The molecule has 27 heavy (non-hydrogen) atoms. The lowest BCUT2D eigenvalue weighted by Gasteiger charge is -2.31. The van der Waals surface area contributed by atoms with E-state index in [4.69, 9.17) is 4.98 Å². The average molecular weight is 364 g/mol. The number of likely N-dealkylation sites (tertiary alicyclic amines) is 1. The number of hydrogen-bond donors (Lipinski definition) is 2. The maximum Gasteiger partial charge on any atom is 0.222 e. The van der Waals surface area contributed by atoms with E-state index in [1.807, 2.05) is 12.4 Å². The Morgan fingerprint density at radius 3 is 2.89 bits per heavy atom. The number of nitrogens with zero attached hydrogens (tertiary/aromatic N) is 4. The summed E-state index contributed by atoms with van der Waals surface area (Å²) < 4.78 is 0. The van der Waals surface area contributed by atoms with Gasteiger partial charge in [0.15, 0.2) is 0 Å². The highest BCUT2D eigenvalue weighted by Gasteiger charge is 2.24. The maximum atomic E-state index is 4.90. The van der Waals surface area contributed by atoms with Crippen molar-refractivity contribution in [3.05, 3.63) is 47.5 Å². The van der Waals surface area contributed by atoms with Crippen LogP contribution in [0, 0.1) is 6.92 Å². The van der Waals surface area contributed by atoms with E-state index in [1.165, 1.54) is 18.4 Å². The molecule has 3 aromatic rings. The lowest BCUT2D eigenvalue weighted by molar-refractivity contribution is 0.197. The van der Waals surface area contributed by atoms with Crippen LogP contribution in [0.5, 0.6) is 0 Å². The first kappa shape index (κ1) is 17.9. The van der Waals surface area contributed by atoms with Crippen molar-refractivity contribution in [2.75, 3.05) is 25.0 Å². The van der Waals surface area contributed by atoms with E-state index in [2.05, 4.69) is 57.2 Å². The number of imidazole rings is 1. The van der Waals surface area contributed by atoms with Crippen LogP contribution in [0.1, 0.15) is 49.1 Å². The Kier molecular flexibility index (Phi) is 5.34. The normalized spacial score (nSPS) is 18.1. The maximum absolute atomic E-state index is 4.90. The summed E-state index contributed by atoms with van der Waals surface area (Å²) >= 11 is 0. The number of aromatic nitrogens is 4. The molecular weight excluding hydrogens is 336 g/mol. The molecule has 1 fully saturated rings. The predicted molar refractivity (Wildman–Crippen MR) is 109 cm³/mol. The molecule has 1 aliphatic heterocycles. The van der Waals surface area contributed by atoms with Gasteiger partial charge in [-0.1, -0.05) is 19.1 Å². The van der Waals surface area contributed by atoms with Gasteiger partial charge in [-0.15, -0.1) is 0 Å². The molecule has 2 N–H and O–H groups in total. The summed E-state index contributed by atoms with van der Waals surface area (Å²) in [5.74, 6) is 2.30. The van der Waals surface area contributed by atoms with Gasteiger partial charge in [-0.05, 0) is 44.4 Å². The third-order valence-electron chi connectivity index (χ3n) is 5.27. The summed E-state index contributed by atoms with van der Waals surface area (Å²) in [7, 11) is 0. The van der Waals surface area contributed by atoms with Gasteiger partial charge in [0, 0.05) is 43.5 Å². The summed E-state index contributed by atoms with van der Waals surface area (Å²) in [4.78, 5) is 19.8. The lowest BCUT2D eigenvalue weighted by Crippen LogP contribution is -2.34. The molecule has 0 spiro atoms. The van der Waals surface area contributed by atoms with Gasteiger partial charge >= 0.3 is 0 Å². The zero-order valence-corrected chi connectivity index (χ0v) is 16.2. The van der Waals surface area contributed by atoms with Crippen LogP contribution >= 0.6 is 0 Å². The SMILES string of the molecule is CCCNc1ncc(CN2CCC[C@@H](c3nc4c(C)cccc4[nH]3)C2)cn1. The fourth-order valence-corrected chi connectivity index (χ4v) is 3.83. The van der Waals surface area contributed by atoms with Crippen molar-refractivity contribution in [3.8, 4) is 0 Å². The first-order valence-corrected chi connectivity index (χ1v) is 9.95. The second kappa shape index (κ2) is 8.05. The highest BCUT2D eigenvalue weighted by molar-refractivity contribution is 5.78. The molecule has 0 amide bonds. The second-order valence-electron chi connectivity index (χ2n) is 7.51.